The third kappa shape index (κ3) is 3.19. The molecule has 3 N–H and O–H groups in total. The van der Waals surface area contributed by atoms with Crippen molar-refractivity contribution in [3.63, 3.8) is 0 Å². The van der Waals surface area contributed by atoms with Gasteiger partial charge in [0, 0.05) is 23.8 Å². The Bertz CT molecular complexity index is 608. The van der Waals surface area contributed by atoms with Crippen LogP contribution in [0, 0.1) is 5.92 Å². The Balaban J connectivity index is 1.71. The number of amides is 2. The van der Waals surface area contributed by atoms with Gasteiger partial charge in [-0.3, -0.25) is 9.59 Å². The number of carbonyl (C=O) groups excluding carboxylic acids is 2. The van der Waals surface area contributed by atoms with Crippen LogP contribution in [0.2, 0.25) is 0 Å². The number of rotatable bonds is 3. The highest BCUT2D eigenvalue weighted by molar-refractivity contribution is 6.00. The lowest BCUT2D eigenvalue weighted by Gasteiger charge is -2.32. The average molecular weight is 315 g/mol. The van der Waals surface area contributed by atoms with Gasteiger partial charge in [0.15, 0.2) is 0 Å². The number of hydrogen-bond donors (Lipinski definition) is 2. The standard InChI is InChI=1S/C18H25N3O2/c1-12(20-17(22)13-6-2-3-7-13)18(23)21-11-5-8-14-15(19)9-4-10-16(14)21/h4,9-10,12-13H,2-3,5-8,11,19H2,1H3,(H,20,22). The van der Waals surface area contributed by atoms with Gasteiger partial charge in [-0.05, 0) is 50.3 Å². The SMILES string of the molecule is CC(NC(=O)C1CCCC1)C(=O)N1CCCc2c(N)cccc21. The van der Waals surface area contributed by atoms with Gasteiger partial charge in [-0.1, -0.05) is 18.9 Å². The molecule has 1 aliphatic heterocycles. The Kier molecular flexibility index (Phi) is 4.55. The van der Waals surface area contributed by atoms with Crippen LogP contribution < -0.4 is 16.0 Å². The predicted octanol–water partition coefficient (Wildman–Crippen LogP) is 2.24. The van der Waals surface area contributed by atoms with Crippen LogP contribution in [-0.2, 0) is 16.0 Å². The lowest BCUT2D eigenvalue weighted by atomic mass is 9.99. The molecule has 0 spiro atoms. The molecule has 23 heavy (non-hydrogen) atoms. The van der Waals surface area contributed by atoms with Crippen LogP contribution in [0.15, 0.2) is 18.2 Å². The number of hydrogen-bond acceptors (Lipinski definition) is 3. The Morgan fingerprint density at radius 2 is 2.00 bits per heavy atom. The fourth-order valence-electron chi connectivity index (χ4n) is 3.70. The number of nitrogens with one attached hydrogen (secondary N) is 1. The summed E-state index contributed by atoms with van der Waals surface area (Å²) in [6.07, 6.45) is 5.90. The smallest absolute Gasteiger partial charge is 0.249 e. The maximum atomic E-state index is 12.8. The van der Waals surface area contributed by atoms with E-state index in [0.717, 1.165) is 55.5 Å². The van der Waals surface area contributed by atoms with E-state index in [2.05, 4.69) is 5.32 Å². The van der Waals surface area contributed by atoms with Crippen molar-refractivity contribution in [2.24, 2.45) is 5.92 Å². The normalized spacial score (nSPS) is 19.3. The van der Waals surface area contributed by atoms with Crippen LogP contribution >= 0.6 is 0 Å². The van der Waals surface area contributed by atoms with Crippen molar-refractivity contribution in [2.45, 2.75) is 51.5 Å². The number of nitrogens with two attached hydrogens (primary N) is 1. The number of carbonyl (C=O) groups is 2. The molecular formula is C18H25N3O2. The summed E-state index contributed by atoms with van der Waals surface area (Å²) in [5, 5.41) is 2.90. The van der Waals surface area contributed by atoms with Crippen molar-refractivity contribution in [1.82, 2.24) is 5.32 Å². The van der Waals surface area contributed by atoms with E-state index in [1.807, 2.05) is 18.2 Å². The highest BCUT2D eigenvalue weighted by Crippen LogP contribution is 2.31. The molecule has 1 aromatic carbocycles. The van der Waals surface area contributed by atoms with Crippen LogP contribution in [0.25, 0.3) is 0 Å². The van der Waals surface area contributed by atoms with Crippen LogP contribution in [0.1, 0.15) is 44.6 Å². The molecule has 1 unspecified atom stereocenters. The molecule has 1 fully saturated rings. The lowest BCUT2D eigenvalue weighted by Crippen LogP contribution is -2.49. The van der Waals surface area contributed by atoms with E-state index in [1.165, 1.54) is 0 Å². The summed E-state index contributed by atoms with van der Waals surface area (Å²) in [5.41, 5.74) is 8.71. The van der Waals surface area contributed by atoms with Gasteiger partial charge < -0.3 is 16.0 Å². The maximum absolute atomic E-state index is 12.8. The zero-order chi connectivity index (χ0) is 16.4. The molecule has 0 radical (unpaired) electrons. The summed E-state index contributed by atoms with van der Waals surface area (Å²) in [7, 11) is 0. The molecule has 3 rings (SSSR count). The van der Waals surface area contributed by atoms with Crippen molar-refractivity contribution in [1.29, 1.82) is 0 Å². The monoisotopic (exact) mass is 315 g/mol. The van der Waals surface area contributed by atoms with Gasteiger partial charge in [-0.15, -0.1) is 0 Å². The molecule has 124 valence electrons. The van der Waals surface area contributed by atoms with E-state index in [0.29, 0.717) is 6.54 Å². The molecule has 1 aromatic rings. The molecule has 1 heterocycles. The van der Waals surface area contributed by atoms with Gasteiger partial charge in [0.25, 0.3) is 0 Å². The molecule has 0 bridgehead atoms. The van der Waals surface area contributed by atoms with E-state index in [9.17, 15) is 9.59 Å². The van der Waals surface area contributed by atoms with Crippen LogP contribution in [-0.4, -0.2) is 24.4 Å². The Morgan fingerprint density at radius 1 is 1.26 bits per heavy atom. The van der Waals surface area contributed by atoms with E-state index in [4.69, 9.17) is 5.73 Å². The van der Waals surface area contributed by atoms with Gasteiger partial charge in [0.1, 0.15) is 6.04 Å². The minimum atomic E-state index is -0.504. The van der Waals surface area contributed by atoms with Crippen LogP contribution in [0.4, 0.5) is 11.4 Å². The third-order valence-corrected chi connectivity index (χ3v) is 5.01. The van der Waals surface area contributed by atoms with E-state index in [1.54, 1.807) is 11.8 Å². The van der Waals surface area contributed by atoms with Crippen molar-refractivity contribution in [3.05, 3.63) is 23.8 Å². The fourth-order valence-corrected chi connectivity index (χ4v) is 3.70. The minimum Gasteiger partial charge on any atom is -0.398 e. The molecule has 0 saturated heterocycles. The van der Waals surface area contributed by atoms with Crippen molar-refractivity contribution >= 4 is 23.2 Å². The first-order valence-corrected chi connectivity index (χ1v) is 8.57. The van der Waals surface area contributed by atoms with E-state index in [-0.39, 0.29) is 17.7 Å². The topological polar surface area (TPSA) is 75.4 Å². The molecule has 2 aliphatic rings. The van der Waals surface area contributed by atoms with Gasteiger partial charge in [-0.25, -0.2) is 0 Å². The minimum absolute atomic E-state index is 0.0214. The fraction of sp³-hybridized carbons (Fsp3) is 0.556. The molecule has 1 atom stereocenters. The van der Waals surface area contributed by atoms with E-state index < -0.39 is 6.04 Å². The van der Waals surface area contributed by atoms with Crippen molar-refractivity contribution in [3.8, 4) is 0 Å². The van der Waals surface area contributed by atoms with Crippen molar-refractivity contribution < 1.29 is 9.59 Å². The summed E-state index contributed by atoms with van der Waals surface area (Å²) in [5.74, 6) is 0.0468. The second-order valence-electron chi connectivity index (χ2n) is 6.65. The van der Waals surface area contributed by atoms with Gasteiger partial charge >= 0.3 is 0 Å². The second-order valence-corrected chi connectivity index (χ2v) is 6.65. The summed E-state index contributed by atoms with van der Waals surface area (Å²) >= 11 is 0. The highest BCUT2D eigenvalue weighted by atomic mass is 16.2. The number of benzene rings is 1. The van der Waals surface area contributed by atoms with Crippen molar-refractivity contribution in [2.75, 3.05) is 17.2 Å². The Morgan fingerprint density at radius 3 is 2.74 bits per heavy atom. The summed E-state index contributed by atoms with van der Waals surface area (Å²) < 4.78 is 0. The maximum Gasteiger partial charge on any atom is 0.249 e. The second kappa shape index (κ2) is 6.60. The number of nitrogen functional groups attached to an aromatic ring is 1. The number of fused-ring (bicyclic) bond motifs is 1. The molecule has 0 aromatic heterocycles. The van der Waals surface area contributed by atoms with Gasteiger partial charge in [0.2, 0.25) is 11.8 Å². The lowest BCUT2D eigenvalue weighted by molar-refractivity contribution is -0.129. The molecule has 1 aliphatic carbocycles. The van der Waals surface area contributed by atoms with Crippen LogP contribution in [0.3, 0.4) is 0 Å². The first-order valence-electron chi connectivity index (χ1n) is 8.57. The largest absolute Gasteiger partial charge is 0.398 e. The summed E-state index contributed by atoms with van der Waals surface area (Å²) in [6.45, 7) is 2.45. The predicted molar refractivity (Wildman–Crippen MR) is 91.1 cm³/mol. The Hall–Kier alpha value is -2.04. The summed E-state index contributed by atoms with van der Waals surface area (Å²) in [6, 6.07) is 5.18. The third-order valence-electron chi connectivity index (χ3n) is 5.01. The number of nitrogens with zero attached hydrogens (tertiary/aromatic N) is 1. The molecule has 5 nitrogen and oxygen atoms in total. The highest BCUT2D eigenvalue weighted by Gasteiger charge is 2.30. The summed E-state index contributed by atoms with van der Waals surface area (Å²) in [4.78, 5) is 26.8. The zero-order valence-electron chi connectivity index (χ0n) is 13.7. The average Bonchev–Trinajstić information content (AvgIpc) is 3.08. The Labute approximate surface area is 137 Å². The molecule has 1 saturated carbocycles. The van der Waals surface area contributed by atoms with Gasteiger partial charge in [0.05, 0.1) is 0 Å². The first kappa shape index (κ1) is 15.8. The molecule has 2 amide bonds. The number of anilines is 2. The molecule has 5 heteroatoms. The van der Waals surface area contributed by atoms with Gasteiger partial charge in [-0.2, -0.15) is 0 Å². The zero-order valence-corrected chi connectivity index (χ0v) is 13.7. The molecular weight excluding hydrogens is 290 g/mol. The quantitative estimate of drug-likeness (QED) is 0.840. The van der Waals surface area contributed by atoms with Crippen LogP contribution in [0.5, 0.6) is 0 Å². The van der Waals surface area contributed by atoms with E-state index >= 15 is 0 Å². The first-order chi connectivity index (χ1) is 11.1.